The van der Waals surface area contributed by atoms with Gasteiger partial charge in [-0.3, -0.25) is 0 Å². The average molecular weight is 828 g/mol. The third kappa shape index (κ3) is 7.03. The minimum Gasteiger partial charge on any atom is -1.00 e. The molecule has 0 aliphatic rings. The highest BCUT2D eigenvalue weighted by molar-refractivity contribution is 6.43. The number of aromatic nitrogens is 4. The van der Waals surface area contributed by atoms with Crippen molar-refractivity contribution >= 4 is 68.5 Å². The molecule has 2 aromatic carbocycles. The van der Waals surface area contributed by atoms with Crippen LogP contribution in [0.2, 0.25) is 20.1 Å². The van der Waals surface area contributed by atoms with Crippen LogP contribution in [-0.2, 0) is 35.7 Å². The molecule has 12 heteroatoms. The second kappa shape index (κ2) is 15.2. The predicted octanol–water partition coefficient (Wildman–Crippen LogP) is 0.183. The molecule has 0 aliphatic heterocycles. The molecule has 4 rings (SSSR count). The van der Waals surface area contributed by atoms with Crippen LogP contribution in [0.4, 0.5) is 0 Å². The highest BCUT2D eigenvalue weighted by atomic mass is 127. The summed E-state index contributed by atoms with van der Waals surface area (Å²) in [5, 5.41) is 2.25. The summed E-state index contributed by atoms with van der Waals surface area (Å²) in [5.41, 5.74) is 4.27. The molecule has 4 aromatic rings. The van der Waals surface area contributed by atoms with Gasteiger partial charge in [0.15, 0.2) is 22.1 Å². The molecule has 0 radical (unpaired) electrons. The first-order chi connectivity index (χ1) is 17.3. The number of halogens is 6. The first-order valence-electron chi connectivity index (χ1n) is 12.2. The van der Waals surface area contributed by atoms with E-state index in [4.69, 9.17) is 55.9 Å². The molecule has 0 spiro atoms. The van der Waals surface area contributed by atoms with Gasteiger partial charge in [-0.2, -0.15) is 0 Å². The molecule has 6 nitrogen and oxygen atoms in total. The number of imidazole rings is 2. The zero-order chi connectivity index (χ0) is 26.0. The Labute approximate surface area is 278 Å². The number of fused-ring (bicyclic) bond motifs is 2. The first-order valence-corrected chi connectivity index (χ1v) is 13.7. The van der Waals surface area contributed by atoms with Gasteiger partial charge < -0.3 is 57.4 Å². The Balaban J connectivity index is 0.00000253. The molecule has 0 atom stereocenters. The number of nitrogens with zero attached hydrogens (tertiary/aromatic N) is 4. The number of rotatable bonds is 11. The number of ether oxygens (including phenoxy) is 2. The summed E-state index contributed by atoms with van der Waals surface area (Å²) in [5.74, 6) is 2.29. The Morgan fingerprint density at radius 1 is 0.605 bits per heavy atom. The largest absolute Gasteiger partial charge is 1.00 e. The van der Waals surface area contributed by atoms with Gasteiger partial charge >= 0.3 is 0 Å². The van der Waals surface area contributed by atoms with Crippen LogP contribution in [0.15, 0.2) is 24.3 Å². The molecule has 0 fully saturated rings. The fraction of sp³-hybridized carbons (Fsp3) is 0.462. The minimum atomic E-state index is 0. The quantitative estimate of drug-likeness (QED) is 0.123. The predicted molar refractivity (Wildman–Crippen MR) is 147 cm³/mol. The SMILES string of the molecule is CCn1c(C)[n+](CCOCCOCC[n+]2c(C)n(CC)c3cc(Cl)c(Cl)cc32)c2cc(Cl)c(Cl)cc21.[I-].[I-]. The van der Waals surface area contributed by atoms with Gasteiger partial charge in [-0.1, -0.05) is 46.4 Å². The van der Waals surface area contributed by atoms with Crippen LogP contribution >= 0.6 is 46.4 Å². The fourth-order valence-corrected chi connectivity index (χ4v) is 5.53. The number of hydrogen-bond acceptors (Lipinski definition) is 2. The van der Waals surface area contributed by atoms with E-state index in [2.05, 4.69) is 46.0 Å². The second-order valence-electron chi connectivity index (χ2n) is 8.62. The molecular weight excluding hydrogens is 796 g/mol. The Bertz CT molecular complexity index is 1300. The zero-order valence-electron chi connectivity index (χ0n) is 21.8. The van der Waals surface area contributed by atoms with Gasteiger partial charge in [0.2, 0.25) is 0 Å². The van der Waals surface area contributed by atoms with Gasteiger partial charge in [0.25, 0.3) is 11.6 Å². The molecule has 2 aromatic heterocycles. The van der Waals surface area contributed by atoms with Crippen LogP contribution in [0.5, 0.6) is 0 Å². The van der Waals surface area contributed by atoms with Crippen LogP contribution < -0.4 is 57.1 Å². The number of benzene rings is 2. The Morgan fingerprint density at radius 3 is 1.29 bits per heavy atom. The van der Waals surface area contributed by atoms with E-state index in [1.807, 2.05) is 24.3 Å². The van der Waals surface area contributed by atoms with Crippen LogP contribution in [0.1, 0.15) is 25.5 Å². The Morgan fingerprint density at radius 2 is 0.947 bits per heavy atom. The zero-order valence-corrected chi connectivity index (χ0v) is 29.2. The van der Waals surface area contributed by atoms with Crippen LogP contribution in [-0.4, -0.2) is 35.6 Å². The highest BCUT2D eigenvalue weighted by Crippen LogP contribution is 2.28. The van der Waals surface area contributed by atoms with E-state index < -0.39 is 0 Å². The summed E-state index contributed by atoms with van der Waals surface area (Å²) in [6.45, 7) is 13.8. The smallest absolute Gasteiger partial charge is 0.254 e. The van der Waals surface area contributed by atoms with Crippen molar-refractivity contribution in [3.05, 3.63) is 56.0 Å². The molecule has 210 valence electrons. The second-order valence-corrected chi connectivity index (χ2v) is 10.2. The fourth-order valence-electron chi connectivity index (χ4n) is 4.90. The van der Waals surface area contributed by atoms with Gasteiger partial charge in [-0.05, 0) is 13.8 Å². The topological polar surface area (TPSA) is 36.1 Å². The standard InChI is InChI=1S/C26H32Cl4N4O2.2HI/c1-5-31-17(3)33(25-15-21(29)19(27)13-23(25)31)7-9-35-11-12-36-10-8-34-18(4)32(6-2)24-14-20(28)22(30)16-26(24)34;;/h13-16H,5-12H2,1-4H3;2*1H/q+2;;/p-2. The van der Waals surface area contributed by atoms with Crippen molar-refractivity contribution in [1.29, 1.82) is 0 Å². The van der Waals surface area contributed by atoms with Crippen molar-refractivity contribution in [2.45, 2.75) is 53.9 Å². The summed E-state index contributed by atoms with van der Waals surface area (Å²) in [6, 6.07) is 7.72. The Hall–Kier alpha value is -0.0800. The molecule has 0 aliphatic carbocycles. The molecular formula is C26H32Cl4I2N4O2. The molecule has 0 bridgehead atoms. The van der Waals surface area contributed by atoms with Gasteiger partial charge in [0.1, 0.15) is 13.1 Å². The summed E-state index contributed by atoms with van der Waals surface area (Å²) in [7, 11) is 0. The van der Waals surface area contributed by atoms with Gasteiger partial charge in [0.05, 0.1) is 59.6 Å². The summed E-state index contributed by atoms with van der Waals surface area (Å²) in [4.78, 5) is 0. The lowest BCUT2D eigenvalue weighted by atomic mass is 10.3. The first kappa shape index (κ1) is 34.1. The van der Waals surface area contributed by atoms with E-state index in [1.54, 1.807) is 0 Å². The third-order valence-electron chi connectivity index (χ3n) is 6.68. The molecule has 0 amide bonds. The maximum absolute atomic E-state index is 6.29. The lowest BCUT2D eigenvalue weighted by molar-refractivity contribution is -0.680. The van der Waals surface area contributed by atoms with Crippen LogP contribution in [0, 0.1) is 13.8 Å². The van der Waals surface area contributed by atoms with Crippen LogP contribution in [0.25, 0.3) is 22.1 Å². The van der Waals surface area contributed by atoms with Gasteiger partial charge in [-0.15, -0.1) is 0 Å². The number of aryl methyl sites for hydroxylation is 2. The van der Waals surface area contributed by atoms with Crippen molar-refractivity contribution in [2.75, 3.05) is 26.4 Å². The van der Waals surface area contributed by atoms with Crippen LogP contribution in [0.3, 0.4) is 0 Å². The normalized spacial score (nSPS) is 11.3. The summed E-state index contributed by atoms with van der Waals surface area (Å²) < 4.78 is 20.7. The average Bonchev–Trinajstić information content (AvgIpc) is 3.25. The van der Waals surface area contributed by atoms with Gasteiger partial charge in [-0.25, -0.2) is 18.3 Å². The maximum Gasteiger partial charge on any atom is 0.254 e. The minimum absolute atomic E-state index is 0. The monoisotopic (exact) mass is 826 g/mol. The molecule has 38 heavy (non-hydrogen) atoms. The highest BCUT2D eigenvalue weighted by Gasteiger charge is 2.23. The molecule has 0 N–H and O–H groups in total. The summed E-state index contributed by atoms with van der Waals surface area (Å²) in [6.07, 6.45) is 0. The van der Waals surface area contributed by atoms with E-state index in [0.717, 1.165) is 59.9 Å². The van der Waals surface area contributed by atoms with E-state index in [9.17, 15) is 0 Å². The molecule has 0 unspecified atom stereocenters. The lowest BCUT2D eigenvalue weighted by Crippen LogP contribution is -3.00. The molecule has 2 heterocycles. The van der Waals surface area contributed by atoms with E-state index in [-0.39, 0.29) is 48.0 Å². The third-order valence-corrected chi connectivity index (χ3v) is 8.13. The molecule has 0 saturated heterocycles. The van der Waals surface area contributed by atoms with Crippen molar-refractivity contribution in [3.8, 4) is 0 Å². The number of hydrogen-bond donors (Lipinski definition) is 0. The molecule has 0 saturated carbocycles. The summed E-state index contributed by atoms with van der Waals surface area (Å²) >= 11 is 25.1. The van der Waals surface area contributed by atoms with E-state index in [1.165, 1.54) is 0 Å². The lowest BCUT2D eigenvalue weighted by Gasteiger charge is -2.06. The van der Waals surface area contributed by atoms with Crippen molar-refractivity contribution in [2.24, 2.45) is 0 Å². The Kier molecular flexibility index (Phi) is 13.7. The maximum atomic E-state index is 6.29. The van der Waals surface area contributed by atoms with E-state index >= 15 is 0 Å². The van der Waals surface area contributed by atoms with Crippen molar-refractivity contribution < 1.29 is 66.6 Å². The van der Waals surface area contributed by atoms with Crippen molar-refractivity contribution in [1.82, 2.24) is 9.13 Å². The van der Waals surface area contributed by atoms with E-state index in [0.29, 0.717) is 46.5 Å². The van der Waals surface area contributed by atoms with Gasteiger partial charge in [0, 0.05) is 38.1 Å². The van der Waals surface area contributed by atoms with Crippen molar-refractivity contribution in [3.63, 3.8) is 0 Å².